The lowest BCUT2D eigenvalue weighted by Gasteiger charge is -2.42. The van der Waals surface area contributed by atoms with Gasteiger partial charge in [-0.15, -0.1) is 0 Å². The summed E-state index contributed by atoms with van der Waals surface area (Å²) in [7, 11) is 1.43. The molecular weight excluding hydrogens is 626 g/mol. The van der Waals surface area contributed by atoms with Gasteiger partial charge in [-0.25, -0.2) is 0 Å². The van der Waals surface area contributed by atoms with Crippen molar-refractivity contribution in [3.8, 4) is 11.5 Å². The molecule has 12 heteroatoms. The highest BCUT2D eigenvalue weighted by atomic mass is 16.5. The van der Waals surface area contributed by atoms with Crippen molar-refractivity contribution in [2.45, 2.75) is 84.2 Å². The number of nitrogens with zero attached hydrogens (tertiary/aromatic N) is 2. The highest BCUT2D eigenvalue weighted by molar-refractivity contribution is 5.94. The number of likely N-dealkylation sites (tertiary alicyclic amines) is 1. The topological polar surface area (TPSA) is 150 Å². The smallest absolute Gasteiger partial charge is 0.258 e. The molecule has 3 aliphatic rings. The molecule has 0 radical (unpaired) electrons. The van der Waals surface area contributed by atoms with Crippen LogP contribution in [0.1, 0.15) is 57.2 Å². The van der Waals surface area contributed by atoms with E-state index < -0.39 is 42.0 Å². The van der Waals surface area contributed by atoms with E-state index in [0.29, 0.717) is 18.7 Å². The molecular formula is C37H51N5O7. The highest BCUT2D eigenvalue weighted by Gasteiger charge is 2.38. The van der Waals surface area contributed by atoms with E-state index in [1.807, 2.05) is 32.0 Å². The fourth-order valence-corrected chi connectivity index (χ4v) is 6.91. The van der Waals surface area contributed by atoms with Crippen LogP contribution in [-0.2, 0) is 38.6 Å². The zero-order chi connectivity index (χ0) is 35.3. The van der Waals surface area contributed by atoms with E-state index in [1.54, 1.807) is 13.0 Å². The summed E-state index contributed by atoms with van der Waals surface area (Å²) in [6.07, 6.45) is 2.08. The van der Waals surface area contributed by atoms with Gasteiger partial charge < -0.3 is 35.4 Å². The van der Waals surface area contributed by atoms with Gasteiger partial charge in [0.1, 0.15) is 29.6 Å². The van der Waals surface area contributed by atoms with Gasteiger partial charge in [-0.2, -0.15) is 0 Å². The van der Waals surface area contributed by atoms with Crippen LogP contribution < -0.4 is 25.4 Å². The van der Waals surface area contributed by atoms with E-state index in [1.165, 1.54) is 30.0 Å². The summed E-state index contributed by atoms with van der Waals surface area (Å²) >= 11 is 0. The molecule has 0 saturated carbocycles. The van der Waals surface area contributed by atoms with Gasteiger partial charge in [0.15, 0.2) is 6.61 Å². The molecule has 3 aliphatic heterocycles. The van der Waals surface area contributed by atoms with Crippen LogP contribution >= 0.6 is 0 Å². The molecule has 0 aromatic heterocycles. The van der Waals surface area contributed by atoms with Crippen molar-refractivity contribution in [1.82, 2.24) is 25.8 Å². The Balaban J connectivity index is 1.38. The molecule has 1 fully saturated rings. The molecule has 4 atom stereocenters. The van der Waals surface area contributed by atoms with E-state index >= 15 is 0 Å². The van der Waals surface area contributed by atoms with Crippen LogP contribution in [0.15, 0.2) is 42.5 Å². The number of rotatable bonds is 4. The number of carbonyl (C=O) groups is 4. The molecule has 12 nitrogen and oxygen atoms in total. The third kappa shape index (κ3) is 8.90. The van der Waals surface area contributed by atoms with E-state index in [9.17, 15) is 24.3 Å². The van der Waals surface area contributed by atoms with Crippen LogP contribution in [0.4, 0.5) is 0 Å². The predicted octanol–water partition coefficient (Wildman–Crippen LogP) is 1.81. The summed E-state index contributed by atoms with van der Waals surface area (Å²) in [5.74, 6) is -0.762. The fourth-order valence-electron chi connectivity index (χ4n) is 6.91. The van der Waals surface area contributed by atoms with Gasteiger partial charge in [0, 0.05) is 26.6 Å². The second-order valence-electron chi connectivity index (χ2n) is 14.3. The number of piperidine rings is 1. The molecule has 2 bridgehead atoms. The number of amides is 4. The number of hydrogen-bond donors (Lipinski definition) is 4. The van der Waals surface area contributed by atoms with Crippen molar-refractivity contribution in [1.29, 1.82) is 0 Å². The lowest BCUT2D eigenvalue weighted by Crippen LogP contribution is -2.59. The van der Waals surface area contributed by atoms with Crippen molar-refractivity contribution in [3.63, 3.8) is 0 Å². The van der Waals surface area contributed by atoms with Gasteiger partial charge >= 0.3 is 0 Å². The maximum Gasteiger partial charge on any atom is 0.258 e. The zero-order valence-electron chi connectivity index (χ0n) is 29.3. The molecule has 0 unspecified atom stereocenters. The monoisotopic (exact) mass is 677 g/mol. The molecule has 2 aromatic rings. The number of nitrogens with one attached hydrogen (secondary N) is 3. The van der Waals surface area contributed by atoms with Gasteiger partial charge in [-0.1, -0.05) is 38.1 Å². The number of fused-ring (bicyclic) bond motifs is 3. The Bertz CT molecular complexity index is 1520. The average molecular weight is 678 g/mol. The van der Waals surface area contributed by atoms with Crippen molar-refractivity contribution >= 4 is 23.6 Å². The number of carbonyl (C=O) groups excluding carboxylic acids is 4. The first-order valence-corrected chi connectivity index (χ1v) is 17.3. The first kappa shape index (κ1) is 36.1. The maximum atomic E-state index is 13.7. The van der Waals surface area contributed by atoms with Crippen LogP contribution in [-0.4, -0.2) is 103 Å². The van der Waals surface area contributed by atoms with E-state index in [4.69, 9.17) is 9.47 Å². The lowest BCUT2D eigenvalue weighted by molar-refractivity contribution is -0.144. The minimum Gasteiger partial charge on any atom is -0.493 e. The minimum atomic E-state index is -1.30. The number of aliphatic hydroxyl groups is 1. The van der Waals surface area contributed by atoms with Gasteiger partial charge in [0.05, 0.1) is 12.7 Å². The van der Waals surface area contributed by atoms with Crippen LogP contribution in [0.25, 0.3) is 0 Å². The van der Waals surface area contributed by atoms with Gasteiger partial charge in [0.25, 0.3) is 5.91 Å². The summed E-state index contributed by atoms with van der Waals surface area (Å²) in [5, 5.41) is 19.0. The Hall–Kier alpha value is -4.16. The van der Waals surface area contributed by atoms with Crippen LogP contribution in [0, 0.1) is 11.3 Å². The third-order valence-corrected chi connectivity index (χ3v) is 10.2. The molecule has 4 amide bonds. The van der Waals surface area contributed by atoms with E-state index in [-0.39, 0.29) is 23.8 Å². The van der Waals surface area contributed by atoms with Crippen molar-refractivity contribution in [2.75, 3.05) is 39.9 Å². The number of benzene rings is 2. The average Bonchev–Trinajstić information content (AvgIpc) is 3.55. The quantitative estimate of drug-likeness (QED) is 0.383. The molecule has 0 aliphatic carbocycles. The SMILES string of the molecule is CC(C)[C@H]1NC(=O)[C@H](C)N(C)C(=O)[C@H]([C@@H](C)O)NC(=O)COc2cccc(c2)CC2(CCN(Cc3ccc4c(c3)CCO4)CC2)CNC1=O. The lowest BCUT2D eigenvalue weighted by atomic mass is 9.73. The Morgan fingerprint density at radius 1 is 0.959 bits per heavy atom. The molecule has 5 rings (SSSR count). The zero-order valence-corrected chi connectivity index (χ0v) is 29.3. The molecule has 2 aromatic carbocycles. The third-order valence-electron chi connectivity index (χ3n) is 10.2. The summed E-state index contributed by atoms with van der Waals surface area (Å²) in [5.41, 5.74) is 3.28. The molecule has 1 saturated heterocycles. The van der Waals surface area contributed by atoms with E-state index in [0.717, 1.165) is 56.8 Å². The summed E-state index contributed by atoms with van der Waals surface area (Å²) in [6.45, 7) is 10.0. The standard InChI is InChI=1S/C37H51N5O7/c1-23(2)32-35(46)38-22-37(12-14-42(15-13-37)20-27-9-10-30-28(17-27)11-16-48-30)19-26-7-6-8-29(18-26)49-21-31(44)39-33(25(4)43)36(47)41(5)24(3)34(45)40-32/h6-10,17-18,23-25,32-33,43H,11-16,19-22H2,1-5H3,(H,38,46)(H,39,44)(H,40,45)/t24-,25+,32+,33-/m0/s1. The van der Waals surface area contributed by atoms with Crippen molar-refractivity contribution in [2.24, 2.45) is 11.3 Å². The first-order chi connectivity index (χ1) is 23.3. The summed E-state index contributed by atoms with van der Waals surface area (Å²) in [6, 6.07) is 10.9. The van der Waals surface area contributed by atoms with Crippen LogP contribution in [0.5, 0.6) is 11.5 Å². The molecule has 4 N–H and O–H groups in total. The second kappa shape index (κ2) is 15.6. The van der Waals surface area contributed by atoms with Crippen molar-refractivity contribution in [3.05, 3.63) is 59.2 Å². The predicted molar refractivity (Wildman–Crippen MR) is 184 cm³/mol. The molecule has 3 heterocycles. The summed E-state index contributed by atoms with van der Waals surface area (Å²) in [4.78, 5) is 57.0. The van der Waals surface area contributed by atoms with E-state index in [2.05, 4.69) is 39.0 Å². The first-order valence-electron chi connectivity index (χ1n) is 17.3. The Morgan fingerprint density at radius 3 is 2.43 bits per heavy atom. The van der Waals surface area contributed by atoms with Gasteiger partial charge in [-0.05, 0) is 92.4 Å². The minimum absolute atomic E-state index is 0.222. The Labute approximate surface area is 288 Å². The number of aliphatic hydroxyl groups excluding tert-OH is 1. The number of likely N-dealkylation sites (N-methyl/N-ethyl adjacent to an activating group) is 1. The Morgan fingerprint density at radius 2 is 1.71 bits per heavy atom. The van der Waals surface area contributed by atoms with Crippen LogP contribution in [0.3, 0.4) is 0 Å². The fraction of sp³-hybridized carbons (Fsp3) is 0.568. The van der Waals surface area contributed by atoms with Gasteiger partial charge in [-0.3, -0.25) is 24.1 Å². The molecule has 49 heavy (non-hydrogen) atoms. The number of ether oxygens (including phenoxy) is 2. The maximum absolute atomic E-state index is 13.7. The van der Waals surface area contributed by atoms with Crippen LogP contribution in [0.2, 0.25) is 0 Å². The normalized spacial score (nSPS) is 24.8. The van der Waals surface area contributed by atoms with Crippen molar-refractivity contribution < 1.29 is 33.8 Å². The largest absolute Gasteiger partial charge is 0.493 e. The number of hydrogen-bond acceptors (Lipinski definition) is 8. The molecule has 1 spiro atoms. The summed E-state index contributed by atoms with van der Waals surface area (Å²) < 4.78 is 11.5. The van der Waals surface area contributed by atoms with Gasteiger partial charge in [0.2, 0.25) is 17.7 Å². The second-order valence-corrected chi connectivity index (χ2v) is 14.3. The Kier molecular flexibility index (Phi) is 11.5. The molecule has 266 valence electrons. The highest BCUT2D eigenvalue weighted by Crippen LogP contribution is 2.36.